The van der Waals surface area contributed by atoms with E-state index in [0.717, 1.165) is 6.08 Å². The summed E-state index contributed by atoms with van der Waals surface area (Å²) in [5, 5.41) is 29.2. The first-order valence-electron chi connectivity index (χ1n) is 11.6. The Kier molecular flexibility index (Phi) is 14.2. The van der Waals surface area contributed by atoms with Crippen molar-refractivity contribution in [2.75, 3.05) is 33.5 Å². The van der Waals surface area contributed by atoms with Crippen LogP contribution in [0.1, 0.15) is 25.3 Å². The third kappa shape index (κ3) is 10.2. The number of aliphatic carboxylic acids is 2. The van der Waals surface area contributed by atoms with E-state index in [-0.39, 0.29) is 53.4 Å². The molecule has 14 heteroatoms. The Bertz CT molecular complexity index is 1220. The first-order valence-corrected chi connectivity index (χ1v) is 12.3. The maximum atomic E-state index is 13.0. The van der Waals surface area contributed by atoms with Crippen molar-refractivity contribution in [3.63, 3.8) is 0 Å². The fraction of sp³-hybridized carbons (Fsp3) is 0.346. The molecule has 0 fully saturated rings. The standard InChI is InChI=1S/C22H26Cl2N2O6.C4H4O4/c1-4-32-21(28)18-16(10-31-12-22(2,29)11-25)26-15(8-9-27)20(30-3)17(18)13-6-5-7-14(23)19(13)24;5-3(6)1-2-4(7)8/h5-8,17,26,29H,4,10-12,25H2,1-3H3;1-2H,(H,5,6)(H,7,8). The molecule has 12 nitrogen and oxygen atoms in total. The van der Waals surface area contributed by atoms with Crippen LogP contribution in [0, 0.1) is 0 Å². The van der Waals surface area contributed by atoms with Crippen LogP contribution in [0.3, 0.4) is 0 Å². The number of rotatable bonds is 12. The van der Waals surface area contributed by atoms with Gasteiger partial charge in [0.1, 0.15) is 11.7 Å². The van der Waals surface area contributed by atoms with Gasteiger partial charge in [0, 0.05) is 24.8 Å². The number of nitrogens with one attached hydrogen (secondary N) is 1. The maximum absolute atomic E-state index is 13.0. The van der Waals surface area contributed by atoms with Gasteiger partial charge in [-0.25, -0.2) is 19.2 Å². The van der Waals surface area contributed by atoms with Gasteiger partial charge in [-0.1, -0.05) is 35.3 Å². The number of halogens is 2. The van der Waals surface area contributed by atoms with E-state index >= 15 is 0 Å². The van der Waals surface area contributed by atoms with Crippen LogP contribution in [0.15, 0.2) is 59.2 Å². The number of carboxylic acid groups (broad SMARTS) is 2. The Morgan fingerprint density at radius 3 is 2.33 bits per heavy atom. The molecule has 1 aromatic rings. The first kappa shape index (κ1) is 34.4. The van der Waals surface area contributed by atoms with Gasteiger partial charge in [-0.05, 0) is 25.5 Å². The van der Waals surface area contributed by atoms with Crippen LogP contribution >= 0.6 is 23.2 Å². The molecule has 218 valence electrons. The number of esters is 1. The van der Waals surface area contributed by atoms with Gasteiger partial charge in [-0.15, -0.1) is 0 Å². The van der Waals surface area contributed by atoms with E-state index in [0.29, 0.717) is 23.4 Å². The molecule has 2 rings (SSSR count). The predicted octanol–water partition coefficient (Wildman–Crippen LogP) is 2.18. The molecule has 6 N–H and O–H groups in total. The number of carbonyl (C=O) groups excluding carboxylic acids is 2. The first-order chi connectivity index (χ1) is 18.8. The minimum Gasteiger partial charge on any atom is -0.498 e. The second-order valence-electron chi connectivity index (χ2n) is 8.26. The quantitative estimate of drug-likeness (QED) is 0.133. The molecule has 0 spiro atoms. The maximum Gasteiger partial charge on any atom is 0.336 e. The topological polar surface area (TPSA) is 195 Å². The molecule has 2 unspecified atom stereocenters. The van der Waals surface area contributed by atoms with E-state index in [1.54, 1.807) is 31.1 Å². The fourth-order valence-corrected chi connectivity index (χ4v) is 3.74. The Hall–Kier alpha value is -3.64. The lowest BCUT2D eigenvalue weighted by Gasteiger charge is -2.32. The van der Waals surface area contributed by atoms with Crippen molar-refractivity contribution in [1.82, 2.24) is 5.32 Å². The van der Waals surface area contributed by atoms with Crippen molar-refractivity contribution in [1.29, 1.82) is 0 Å². The summed E-state index contributed by atoms with van der Waals surface area (Å²) in [4.78, 5) is 43.3. The van der Waals surface area contributed by atoms with E-state index < -0.39 is 29.4 Å². The molecule has 0 aromatic heterocycles. The van der Waals surface area contributed by atoms with E-state index in [4.69, 9.17) is 53.4 Å². The summed E-state index contributed by atoms with van der Waals surface area (Å²) < 4.78 is 16.5. The summed E-state index contributed by atoms with van der Waals surface area (Å²) in [6, 6.07) is 5.00. The van der Waals surface area contributed by atoms with Crippen molar-refractivity contribution in [3.05, 3.63) is 74.8 Å². The van der Waals surface area contributed by atoms with Gasteiger partial charge in [-0.2, -0.15) is 0 Å². The summed E-state index contributed by atoms with van der Waals surface area (Å²) in [6.45, 7) is 3.11. The highest BCUT2D eigenvalue weighted by Crippen LogP contribution is 2.43. The van der Waals surface area contributed by atoms with Gasteiger partial charge in [0.05, 0.1) is 65.5 Å². The zero-order valence-electron chi connectivity index (χ0n) is 21.9. The van der Waals surface area contributed by atoms with Crippen molar-refractivity contribution in [3.8, 4) is 0 Å². The third-order valence-corrected chi connectivity index (χ3v) is 5.94. The molecular formula is C26H30Cl2N2O10. The van der Waals surface area contributed by atoms with Crippen LogP contribution in [-0.2, 0) is 33.4 Å². The fourth-order valence-electron chi connectivity index (χ4n) is 3.32. The lowest BCUT2D eigenvalue weighted by atomic mass is 9.84. The zero-order valence-corrected chi connectivity index (χ0v) is 23.4. The Balaban J connectivity index is 0.000000869. The van der Waals surface area contributed by atoms with Crippen LogP contribution in [-0.4, -0.2) is 78.2 Å². The molecule has 0 saturated carbocycles. The molecule has 0 bridgehead atoms. The molecule has 1 aromatic carbocycles. The molecule has 40 heavy (non-hydrogen) atoms. The average Bonchev–Trinajstić information content (AvgIpc) is 2.89. The zero-order chi connectivity index (χ0) is 30.5. The molecule has 1 heterocycles. The second-order valence-corrected chi connectivity index (χ2v) is 9.05. The number of aliphatic hydroxyl groups is 1. The van der Waals surface area contributed by atoms with Crippen LogP contribution in [0.2, 0.25) is 10.0 Å². The third-order valence-electron chi connectivity index (χ3n) is 5.11. The number of carbonyl (C=O) groups is 3. The largest absolute Gasteiger partial charge is 0.498 e. The van der Waals surface area contributed by atoms with Gasteiger partial charge in [0.2, 0.25) is 0 Å². The molecule has 0 amide bonds. The van der Waals surface area contributed by atoms with Crippen LogP contribution in [0.4, 0.5) is 0 Å². The number of ether oxygens (including phenoxy) is 3. The smallest absolute Gasteiger partial charge is 0.336 e. The highest BCUT2D eigenvalue weighted by atomic mass is 35.5. The van der Waals surface area contributed by atoms with E-state index in [1.165, 1.54) is 14.0 Å². The monoisotopic (exact) mass is 600 g/mol. The number of dihydropyridines is 1. The number of nitrogens with two attached hydrogens (primary N) is 1. The summed E-state index contributed by atoms with van der Waals surface area (Å²) in [5.74, 6) is -2.04. The van der Waals surface area contributed by atoms with Gasteiger partial charge in [0.25, 0.3) is 0 Å². The number of carboxylic acids is 2. The van der Waals surface area contributed by atoms with Crippen LogP contribution in [0.5, 0.6) is 0 Å². The number of benzene rings is 1. The van der Waals surface area contributed by atoms with Crippen molar-refractivity contribution < 1.29 is 48.7 Å². The average molecular weight is 601 g/mol. The molecule has 2 atom stereocenters. The SMILES string of the molecule is CCOC(=O)C1=C(COCC(C)(O)CN)NC(C=C=O)=C(OC)C1c1cccc(Cl)c1Cl.O=C(O)C=CC(=O)O. The summed E-state index contributed by atoms with van der Waals surface area (Å²) in [6.07, 6.45) is 2.26. The van der Waals surface area contributed by atoms with Crippen LogP contribution < -0.4 is 11.1 Å². The van der Waals surface area contributed by atoms with Gasteiger partial charge in [-0.3, -0.25) is 0 Å². The second kappa shape index (κ2) is 16.5. The Morgan fingerprint density at radius 2 is 1.82 bits per heavy atom. The molecule has 0 aliphatic carbocycles. The summed E-state index contributed by atoms with van der Waals surface area (Å²) in [5.41, 5.74) is 5.50. The van der Waals surface area contributed by atoms with E-state index in [9.17, 15) is 24.3 Å². The summed E-state index contributed by atoms with van der Waals surface area (Å²) >= 11 is 12.7. The number of hydrogen-bond donors (Lipinski definition) is 5. The highest BCUT2D eigenvalue weighted by molar-refractivity contribution is 6.42. The van der Waals surface area contributed by atoms with Gasteiger partial charge >= 0.3 is 17.9 Å². The van der Waals surface area contributed by atoms with Crippen molar-refractivity contribution >= 4 is 47.1 Å². The normalized spacial score (nSPS) is 16.2. The van der Waals surface area contributed by atoms with E-state index in [2.05, 4.69) is 5.32 Å². The van der Waals surface area contributed by atoms with E-state index in [1.807, 2.05) is 0 Å². The lowest BCUT2D eigenvalue weighted by molar-refractivity contribution is -0.139. The molecule has 0 radical (unpaired) electrons. The number of methoxy groups -OCH3 is 1. The number of allylic oxidation sites excluding steroid dienone is 2. The Labute approximate surface area is 240 Å². The minimum atomic E-state index is -1.26. The predicted molar refractivity (Wildman–Crippen MR) is 145 cm³/mol. The lowest BCUT2D eigenvalue weighted by Crippen LogP contribution is -2.40. The highest BCUT2D eigenvalue weighted by Gasteiger charge is 2.38. The summed E-state index contributed by atoms with van der Waals surface area (Å²) in [7, 11) is 1.41. The van der Waals surface area contributed by atoms with Crippen LogP contribution in [0.25, 0.3) is 0 Å². The molecular weight excluding hydrogens is 571 g/mol. The molecule has 1 aliphatic rings. The molecule has 0 saturated heterocycles. The Morgan fingerprint density at radius 1 is 1.20 bits per heavy atom. The number of hydrogen-bond acceptors (Lipinski definition) is 10. The van der Waals surface area contributed by atoms with Crippen molar-refractivity contribution in [2.45, 2.75) is 25.4 Å². The minimum absolute atomic E-state index is 0.0161. The molecule has 1 aliphatic heterocycles. The van der Waals surface area contributed by atoms with Gasteiger partial charge in [0.15, 0.2) is 0 Å². The van der Waals surface area contributed by atoms with Crippen molar-refractivity contribution in [2.24, 2.45) is 5.73 Å². The van der Waals surface area contributed by atoms with Gasteiger partial charge < -0.3 is 40.6 Å².